The Morgan fingerprint density at radius 2 is 1.85 bits per heavy atom. The van der Waals surface area contributed by atoms with E-state index in [0.29, 0.717) is 47.1 Å². The zero-order valence-electron chi connectivity index (χ0n) is 23.1. The van der Waals surface area contributed by atoms with E-state index in [1.54, 1.807) is 30.3 Å². The number of fused-ring (bicyclic) bond motifs is 1. The van der Waals surface area contributed by atoms with Crippen LogP contribution in [0.5, 0.6) is 17.2 Å². The molecule has 41 heavy (non-hydrogen) atoms. The van der Waals surface area contributed by atoms with Crippen molar-refractivity contribution < 1.29 is 33.4 Å². The van der Waals surface area contributed by atoms with Crippen LogP contribution in [0.1, 0.15) is 48.0 Å². The van der Waals surface area contributed by atoms with Crippen LogP contribution in [0, 0.1) is 0 Å². The van der Waals surface area contributed by atoms with Crippen molar-refractivity contribution in [2.75, 3.05) is 33.9 Å². The summed E-state index contributed by atoms with van der Waals surface area (Å²) >= 11 is 0. The average molecular weight is 567 g/mol. The normalized spacial score (nSPS) is 16.5. The maximum atomic E-state index is 13.1. The van der Waals surface area contributed by atoms with Crippen LogP contribution < -0.4 is 30.6 Å². The number of amides is 4. The van der Waals surface area contributed by atoms with Crippen LogP contribution in [0.25, 0.3) is 0 Å². The van der Waals surface area contributed by atoms with Gasteiger partial charge in [-0.05, 0) is 37.9 Å². The zero-order chi connectivity index (χ0) is 29.4. The average Bonchev–Trinajstić information content (AvgIpc) is 3.31. The van der Waals surface area contributed by atoms with Crippen molar-refractivity contribution in [3.05, 3.63) is 41.5 Å². The maximum Gasteiger partial charge on any atom is 0.257 e. The van der Waals surface area contributed by atoms with Crippen LogP contribution in [0.4, 0.5) is 11.4 Å². The fourth-order valence-corrected chi connectivity index (χ4v) is 4.70. The van der Waals surface area contributed by atoms with Gasteiger partial charge in [-0.15, -0.1) is 0 Å². The molecule has 0 aliphatic carbocycles. The van der Waals surface area contributed by atoms with Crippen molar-refractivity contribution in [1.82, 2.24) is 15.5 Å². The molecule has 0 spiro atoms. The summed E-state index contributed by atoms with van der Waals surface area (Å²) in [6.07, 6.45) is 3.13. The molecule has 2 aromatic carbocycles. The van der Waals surface area contributed by atoms with E-state index in [0.717, 1.165) is 19.3 Å². The lowest BCUT2D eigenvalue weighted by Crippen LogP contribution is -2.52. The molecule has 0 aromatic heterocycles. The fraction of sp³-hybridized carbons (Fsp3) is 0.429. The molecule has 4 N–H and O–H groups in total. The Balaban J connectivity index is 1.47. The highest BCUT2D eigenvalue weighted by Gasteiger charge is 2.39. The second kappa shape index (κ2) is 13.7. The van der Waals surface area contributed by atoms with Gasteiger partial charge < -0.3 is 30.2 Å². The molecule has 2 aliphatic rings. The summed E-state index contributed by atoms with van der Waals surface area (Å²) in [5.41, 5.74) is 7.41. The van der Waals surface area contributed by atoms with E-state index in [1.165, 1.54) is 19.1 Å². The first-order chi connectivity index (χ1) is 19.9. The van der Waals surface area contributed by atoms with Crippen LogP contribution in [0.3, 0.4) is 0 Å². The molecule has 0 saturated carbocycles. The van der Waals surface area contributed by atoms with Gasteiger partial charge in [-0.2, -0.15) is 10.2 Å². The SMILES string of the molecule is COc1cc(/N=N/c2cccc3c2CN(C2CCC(=O)NC2=O)C3=O)cc(OC)c1OCC(=O)NCCCCCN. The summed E-state index contributed by atoms with van der Waals surface area (Å²) < 4.78 is 16.6. The minimum atomic E-state index is -0.725. The number of nitrogens with one attached hydrogen (secondary N) is 2. The van der Waals surface area contributed by atoms with E-state index in [2.05, 4.69) is 20.9 Å². The number of carbonyl (C=O) groups is 4. The van der Waals surface area contributed by atoms with Crippen molar-refractivity contribution in [2.45, 2.75) is 44.7 Å². The maximum absolute atomic E-state index is 13.1. The van der Waals surface area contributed by atoms with Crippen molar-refractivity contribution in [1.29, 1.82) is 0 Å². The molecule has 2 aromatic rings. The van der Waals surface area contributed by atoms with E-state index in [9.17, 15) is 19.2 Å². The van der Waals surface area contributed by atoms with E-state index < -0.39 is 11.9 Å². The van der Waals surface area contributed by atoms with Gasteiger partial charge in [0, 0.05) is 42.8 Å². The Kier molecular flexibility index (Phi) is 9.85. The van der Waals surface area contributed by atoms with Gasteiger partial charge in [-0.3, -0.25) is 24.5 Å². The van der Waals surface area contributed by atoms with E-state index >= 15 is 0 Å². The van der Waals surface area contributed by atoms with Crippen molar-refractivity contribution in [3.8, 4) is 17.2 Å². The number of ether oxygens (including phenoxy) is 3. The molecular weight excluding hydrogens is 532 g/mol. The minimum Gasteiger partial charge on any atom is -0.493 e. The summed E-state index contributed by atoms with van der Waals surface area (Å²) in [4.78, 5) is 50.7. The number of unbranched alkanes of at least 4 members (excludes halogenated alkanes) is 2. The molecule has 0 bridgehead atoms. The summed E-state index contributed by atoms with van der Waals surface area (Å²) in [5, 5.41) is 13.8. The molecule has 1 saturated heterocycles. The third kappa shape index (κ3) is 6.98. The molecule has 2 heterocycles. The molecule has 4 amide bonds. The van der Waals surface area contributed by atoms with Crippen molar-refractivity contribution >= 4 is 35.0 Å². The first-order valence-corrected chi connectivity index (χ1v) is 13.4. The van der Waals surface area contributed by atoms with Crippen LogP contribution >= 0.6 is 0 Å². The van der Waals surface area contributed by atoms with Crippen LogP contribution in [0.15, 0.2) is 40.6 Å². The van der Waals surface area contributed by atoms with Crippen molar-refractivity contribution in [3.63, 3.8) is 0 Å². The van der Waals surface area contributed by atoms with Gasteiger partial charge in [-0.1, -0.05) is 12.5 Å². The van der Waals surface area contributed by atoms with Gasteiger partial charge in [0.25, 0.3) is 11.8 Å². The Morgan fingerprint density at radius 3 is 2.54 bits per heavy atom. The van der Waals surface area contributed by atoms with Gasteiger partial charge in [0.05, 0.1) is 25.6 Å². The molecule has 1 atom stereocenters. The second-order valence-corrected chi connectivity index (χ2v) is 9.57. The number of methoxy groups -OCH3 is 2. The number of carbonyl (C=O) groups excluding carboxylic acids is 4. The third-order valence-corrected chi connectivity index (χ3v) is 6.83. The fourth-order valence-electron chi connectivity index (χ4n) is 4.70. The number of imide groups is 1. The Labute approximate surface area is 237 Å². The van der Waals surface area contributed by atoms with Gasteiger partial charge in [0.2, 0.25) is 17.6 Å². The molecule has 13 nitrogen and oxygen atoms in total. The molecule has 0 radical (unpaired) electrons. The number of nitrogens with zero attached hydrogens (tertiary/aromatic N) is 3. The summed E-state index contributed by atoms with van der Waals surface area (Å²) in [6.45, 7) is 1.11. The van der Waals surface area contributed by atoms with E-state index in [4.69, 9.17) is 19.9 Å². The molecule has 4 rings (SSSR count). The number of azo groups is 1. The second-order valence-electron chi connectivity index (χ2n) is 9.57. The smallest absolute Gasteiger partial charge is 0.257 e. The molecule has 1 fully saturated rings. The lowest BCUT2D eigenvalue weighted by Gasteiger charge is -2.29. The van der Waals surface area contributed by atoms with E-state index in [1.807, 2.05) is 0 Å². The minimum absolute atomic E-state index is 0.171. The zero-order valence-corrected chi connectivity index (χ0v) is 23.1. The topological polar surface area (TPSA) is 174 Å². The molecule has 1 unspecified atom stereocenters. The predicted molar refractivity (Wildman–Crippen MR) is 148 cm³/mol. The number of rotatable bonds is 13. The number of hydrogen-bond acceptors (Lipinski definition) is 10. The molecule has 218 valence electrons. The van der Waals surface area contributed by atoms with Crippen molar-refractivity contribution in [2.24, 2.45) is 16.0 Å². The monoisotopic (exact) mass is 566 g/mol. The largest absolute Gasteiger partial charge is 0.493 e. The van der Waals surface area contributed by atoms with Gasteiger partial charge >= 0.3 is 0 Å². The molecule has 13 heteroatoms. The first-order valence-electron chi connectivity index (χ1n) is 13.4. The highest BCUT2D eigenvalue weighted by atomic mass is 16.5. The highest BCUT2D eigenvalue weighted by Crippen LogP contribution is 2.42. The third-order valence-electron chi connectivity index (χ3n) is 6.83. The lowest BCUT2D eigenvalue weighted by atomic mass is 10.0. The Hall–Kier alpha value is -4.52. The number of piperidine rings is 1. The Morgan fingerprint density at radius 1 is 1.10 bits per heavy atom. The summed E-state index contributed by atoms with van der Waals surface area (Å²) in [6, 6.07) is 7.56. The quantitative estimate of drug-likeness (QED) is 0.188. The van der Waals surface area contributed by atoms with Gasteiger partial charge in [0.15, 0.2) is 18.1 Å². The number of benzene rings is 2. The van der Waals surface area contributed by atoms with Gasteiger partial charge in [-0.25, -0.2) is 0 Å². The summed E-state index contributed by atoms with van der Waals surface area (Å²) in [7, 11) is 2.92. The first kappa shape index (κ1) is 29.5. The molecule has 2 aliphatic heterocycles. The van der Waals surface area contributed by atoms with Crippen LogP contribution in [0.2, 0.25) is 0 Å². The number of hydrogen-bond donors (Lipinski definition) is 3. The lowest BCUT2D eigenvalue weighted by molar-refractivity contribution is -0.137. The van der Waals surface area contributed by atoms with Crippen LogP contribution in [-0.2, 0) is 20.9 Å². The Bertz CT molecular complexity index is 1320. The summed E-state index contributed by atoms with van der Waals surface area (Å²) in [5.74, 6) is -0.548. The van der Waals surface area contributed by atoms with Gasteiger partial charge in [0.1, 0.15) is 6.04 Å². The number of nitrogens with two attached hydrogens (primary N) is 1. The predicted octanol–water partition coefficient (Wildman–Crippen LogP) is 2.50. The highest BCUT2D eigenvalue weighted by molar-refractivity contribution is 6.06. The molecular formula is C28H34N6O7. The van der Waals surface area contributed by atoms with E-state index in [-0.39, 0.29) is 49.5 Å². The van der Waals surface area contributed by atoms with Crippen LogP contribution in [-0.4, -0.2) is 68.5 Å². The standard InChI is InChI=1S/C28H34N6O7/c1-39-22-13-17(14-23(40-2)26(22)41-16-25(36)30-12-5-3-4-11-29)32-33-20-8-6-7-18-19(20)15-34(28(18)38)21-9-10-24(35)31-27(21)37/h6-8,13-14,21H,3-5,9-12,15-16,29H2,1-2H3,(H,30,36)(H,31,35,37)/b33-32+.